The molecule has 4 heteroatoms. The van der Waals surface area contributed by atoms with E-state index in [0.717, 1.165) is 29.3 Å². The van der Waals surface area contributed by atoms with Crippen LogP contribution in [0.25, 0.3) is 11.0 Å². The zero-order valence-electron chi connectivity index (χ0n) is 13.6. The molecule has 0 bridgehead atoms. The van der Waals surface area contributed by atoms with Crippen LogP contribution in [0.15, 0.2) is 24.3 Å². The normalized spacial score (nSPS) is 22.3. The Labute approximate surface area is 137 Å². The Hall–Kier alpha value is -1.84. The molecule has 1 N–H and O–H groups in total. The first-order valence-electron chi connectivity index (χ1n) is 9.04. The van der Waals surface area contributed by atoms with E-state index in [1.165, 1.54) is 38.5 Å². The van der Waals surface area contributed by atoms with Gasteiger partial charge in [-0.2, -0.15) is 0 Å². The molecule has 1 aromatic heterocycles. The zero-order chi connectivity index (χ0) is 15.6. The van der Waals surface area contributed by atoms with E-state index in [1.54, 1.807) is 0 Å². The number of carbonyl (C=O) groups excluding carboxylic acids is 1. The number of likely N-dealkylation sites (tertiary alicyclic amines) is 1. The van der Waals surface area contributed by atoms with Gasteiger partial charge in [-0.1, -0.05) is 25.0 Å². The SMILES string of the molecule is O=C(CCc1nc2ccccc2[nH]1)N1CCCC1C1CCCC1. The van der Waals surface area contributed by atoms with Gasteiger partial charge in [0, 0.05) is 25.4 Å². The van der Waals surface area contributed by atoms with Gasteiger partial charge in [0.1, 0.15) is 5.82 Å². The highest BCUT2D eigenvalue weighted by atomic mass is 16.2. The maximum atomic E-state index is 12.7. The molecule has 2 aromatic rings. The van der Waals surface area contributed by atoms with E-state index >= 15 is 0 Å². The third-order valence-corrected chi connectivity index (χ3v) is 5.58. The Balaban J connectivity index is 1.39. The van der Waals surface area contributed by atoms with E-state index in [1.807, 2.05) is 24.3 Å². The molecule has 2 fully saturated rings. The molecule has 1 aliphatic carbocycles. The molecule has 4 nitrogen and oxygen atoms in total. The number of hydrogen-bond donors (Lipinski definition) is 1. The van der Waals surface area contributed by atoms with Crippen LogP contribution >= 0.6 is 0 Å². The summed E-state index contributed by atoms with van der Waals surface area (Å²) in [5.74, 6) is 2.00. The Morgan fingerprint density at radius 2 is 2.00 bits per heavy atom. The van der Waals surface area contributed by atoms with Crippen molar-refractivity contribution in [3.63, 3.8) is 0 Å². The number of aryl methyl sites for hydroxylation is 1. The molecule has 122 valence electrons. The number of fused-ring (bicyclic) bond motifs is 1. The number of aromatic amines is 1. The fraction of sp³-hybridized carbons (Fsp3) is 0.579. The summed E-state index contributed by atoms with van der Waals surface area (Å²) < 4.78 is 0. The molecule has 1 unspecified atom stereocenters. The summed E-state index contributed by atoms with van der Waals surface area (Å²) in [7, 11) is 0. The van der Waals surface area contributed by atoms with Crippen LogP contribution in [0.4, 0.5) is 0 Å². The predicted molar refractivity (Wildman–Crippen MR) is 91.1 cm³/mol. The number of rotatable bonds is 4. The van der Waals surface area contributed by atoms with Gasteiger partial charge in [-0.15, -0.1) is 0 Å². The van der Waals surface area contributed by atoms with Crippen molar-refractivity contribution in [3.8, 4) is 0 Å². The number of para-hydroxylation sites is 2. The number of benzene rings is 1. The average molecular weight is 311 g/mol. The maximum Gasteiger partial charge on any atom is 0.223 e. The van der Waals surface area contributed by atoms with Crippen molar-refractivity contribution < 1.29 is 4.79 Å². The Bertz CT molecular complexity index is 654. The third-order valence-electron chi connectivity index (χ3n) is 5.58. The fourth-order valence-electron chi connectivity index (χ4n) is 4.43. The predicted octanol–water partition coefficient (Wildman–Crippen LogP) is 3.68. The van der Waals surface area contributed by atoms with Crippen LogP contribution in [0.1, 0.15) is 50.8 Å². The molecule has 2 aliphatic rings. The van der Waals surface area contributed by atoms with Crippen molar-refractivity contribution in [2.45, 2.75) is 57.4 Å². The molecule has 1 amide bonds. The van der Waals surface area contributed by atoms with E-state index in [4.69, 9.17) is 0 Å². The first-order chi connectivity index (χ1) is 11.3. The smallest absolute Gasteiger partial charge is 0.223 e. The molecule has 1 aromatic carbocycles. The lowest BCUT2D eigenvalue weighted by molar-refractivity contribution is -0.132. The fourth-order valence-corrected chi connectivity index (χ4v) is 4.43. The lowest BCUT2D eigenvalue weighted by atomic mass is 9.96. The van der Waals surface area contributed by atoms with Gasteiger partial charge in [0.15, 0.2) is 0 Å². The molecule has 1 atom stereocenters. The Morgan fingerprint density at radius 3 is 2.83 bits per heavy atom. The summed E-state index contributed by atoms with van der Waals surface area (Å²) in [6.07, 6.45) is 9.00. The van der Waals surface area contributed by atoms with Gasteiger partial charge in [-0.25, -0.2) is 4.98 Å². The summed E-state index contributed by atoms with van der Waals surface area (Å²) in [5.41, 5.74) is 2.04. The molecule has 23 heavy (non-hydrogen) atoms. The molecular formula is C19H25N3O. The maximum absolute atomic E-state index is 12.7. The van der Waals surface area contributed by atoms with Crippen LogP contribution in [-0.2, 0) is 11.2 Å². The van der Waals surface area contributed by atoms with Crippen molar-refractivity contribution in [3.05, 3.63) is 30.1 Å². The molecule has 0 spiro atoms. The van der Waals surface area contributed by atoms with Gasteiger partial charge in [0.25, 0.3) is 0 Å². The topological polar surface area (TPSA) is 49.0 Å². The van der Waals surface area contributed by atoms with Gasteiger partial charge in [0.05, 0.1) is 11.0 Å². The number of nitrogens with zero attached hydrogens (tertiary/aromatic N) is 2. The number of hydrogen-bond acceptors (Lipinski definition) is 2. The van der Waals surface area contributed by atoms with E-state index in [-0.39, 0.29) is 0 Å². The van der Waals surface area contributed by atoms with E-state index < -0.39 is 0 Å². The molecule has 1 saturated carbocycles. The Kier molecular flexibility index (Phi) is 4.06. The van der Waals surface area contributed by atoms with Crippen LogP contribution in [0.2, 0.25) is 0 Å². The van der Waals surface area contributed by atoms with Gasteiger partial charge in [-0.3, -0.25) is 4.79 Å². The number of amides is 1. The van der Waals surface area contributed by atoms with Crippen molar-refractivity contribution in [2.75, 3.05) is 6.54 Å². The summed E-state index contributed by atoms with van der Waals surface area (Å²) >= 11 is 0. The van der Waals surface area contributed by atoms with Crippen LogP contribution in [0.5, 0.6) is 0 Å². The number of H-pyrrole nitrogens is 1. The number of aromatic nitrogens is 2. The van der Waals surface area contributed by atoms with E-state index in [2.05, 4.69) is 14.9 Å². The standard InChI is InChI=1S/C19H25N3O/c23-19(22-13-5-10-17(22)14-6-1-2-7-14)12-11-18-20-15-8-3-4-9-16(15)21-18/h3-4,8-9,14,17H,1-2,5-7,10-13H2,(H,20,21). The van der Waals surface area contributed by atoms with Crippen molar-refractivity contribution in [2.24, 2.45) is 5.92 Å². The third kappa shape index (κ3) is 2.99. The molecule has 1 saturated heterocycles. The second kappa shape index (κ2) is 6.34. The second-order valence-electron chi connectivity index (χ2n) is 7.04. The molecular weight excluding hydrogens is 286 g/mol. The molecule has 2 heterocycles. The quantitative estimate of drug-likeness (QED) is 0.936. The molecule has 0 radical (unpaired) electrons. The minimum Gasteiger partial charge on any atom is -0.342 e. The largest absolute Gasteiger partial charge is 0.342 e. The lowest BCUT2D eigenvalue weighted by Gasteiger charge is -2.29. The highest BCUT2D eigenvalue weighted by Crippen LogP contribution is 2.35. The number of imidazole rings is 1. The van der Waals surface area contributed by atoms with Crippen molar-refractivity contribution >= 4 is 16.9 Å². The van der Waals surface area contributed by atoms with Gasteiger partial charge >= 0.3 is 0 Å². The second-order valence-corrected chi connectivity index (χ2v) is 7.04. The van der Waals surface area contributed by atoms with Crippen LogP contribution in [0, 0.1) is 5.92 Å². The minimum absolute atomic E-state index is 0.319. The van der Waals surface area contributed by atoms with E-state index in [9.17, 15) is 4.79 Å². The lowest BCUT2D eigenvalue weighted by Crippen LogP contribution is -2.39. The molecule has 1 aliphatic heterocycles. The van der Waals surface area contributed by atoms with Crippen LogP contribution in [0.3, 0.4) is 0 Å². The highest BCUT2D eigenvalue weighted by molar-refractivity contribution is 5.78. The minimum atomic E-state index is 0.319. The van der Waals surface area contributed by atoms with E-state index in [0.29, 0.717) is 24.8 Å². The summed E-state index contributed by atoms with van der Waals surface area (Å²) in [6.45, 7) is 0.958. The number of nitrogens with one attached hydrogen (secondary N) is 1. The van der Waals surface area contributed by atoms with Gasteiger partial charge in [-0.05, 0) is 43.7 Å². The van der Waals surface area contributed by atoms with Crippen LogP contribution in [-0.4, -0.2) is 33.4 Å². The Morgan fingerprint density at radius 1 is 1.17 bits per heavy atom. The average Bonchev–Trinajstić information content (AvgIpc) is 3.31. The van der Waals surface area contributed by atoms with Crippen molar-refractivity contribution in [1.29, 1.82) is 0 Å². The van der Waals surface area contributed by atoms with Crippen LogP contribution < -0.4 is 0 Å². The zero-order valence-corrected chi connectivity index (χ0v) is 13.6. The van der Waals surface area contributed by atoms with Gasteiger partial charge < -0.3 is 9.88 Å². The first-order valence-corrected chi connectivity index (χ1v) is 9.04. The summed E-state index contributed by atoms with van der Waals surface area (Å²) in [4.78, 5) is 22.8. The summed E-state index contributed by atoms with van der Waals surface area (Å²) in [5, 5.41) is 0. The monoisotopic (exact) mass is 311 g/mol. The first kappa shape index (κ1) is 14.7. The summed E-state index contributed by atoms with van der Waals surface area (Å²) in [6, 6.07) is 8.55. The van der Waals surface area contributed by atoms with Gasteiger partial charge in [0.2, 0.25) is 5.91 Å². The molecule has 4 rings (SSSR count). The number of carbonyl (C=O) groups is 1. The highest BCUT2D eigenvalue weighted by Gasteiger charge is 2.35. The van der Waals surface area contributed by atoms with Crippen molar-refractivity contribution in [1.82, 2.24) is 14.9 Å².